The molecule has 21 heavy (non-hydrogen) atoms. The number of halogens is 4. The van der Waals surface area contributed by atoms with Gasteiger partial charge in [0.05, 0.1) is 28.0 Å². The summed E-state index contributed by atoms with van der Waals surface area (Å²) in [4.78, 5) is 11.8. The quantitative estimate of drug-likeness (QED) is 0.831. The van der Waals surface area contributed by atoms with Gasteiger partial charge in [-0.1, -0.05) is 40.9 Å². The molecule has 0 aliphatic rings. The molecular weight excluding hydrogens is 338 g/mol. The second-order valence-corrected chi connectivity index (χ2v) is 5.37. The summed E-state index contributed by atoms with van der Waals surface area (Å²) in [6, 6.07) is 8.91. The van der Waals surface area contributed by atoms with Crippen LogP contribution in [0.4, 0.5) is 15.8 Å². The SMILES string of the molecule is O=C(CNc1cc(Cl)ccc1F)Nc1c(Cl)cccc1Cl. The zero-order valence-corrected chi connectivity index (χ0v) is 12.9. The molecule has 1 amide bonds. The van der Waals surface area contributed by atoms with Crippen molar-refractivity contribution in [3.05, 3.63) is 57.3 Å². The maximum Gasteiger partial charge on any atom is 0.243 e. The lowest BCUT2D eigenvalue weighted by Gasteiger charge is -2.11. The van der Waals surface area contributed by atoms with Crippen LogP contribution >= 0.6 is 34.8 Å². The normalized spacial score (nSPS) is 10.3. The van der Waals surface area contributed by atoms with E-state index in [4.69, 9.17) is 34.8 Å². The van der Waals surface area contributed by atoms with Crippen molar-refractivity contribution < 1.29 is 9.18 Å². The summed E-state index contributed by atoms with van der Waals surface area (Å²) in [5.74, 6) is -0.910. The number of para-hydroxylation sites is 1. The van der Waals surface area contributed by atoms with Crippen molar-refractivity contribution in [3.63, 3.8) is 0 Å². The highest BCUT2D eigenvalue weighted by molar-refractivity contribution is 6.39. The van der Waals surface area contributed by atoms with Gasteiger partial charge in [0.25, 0.3) is 0 Å². The van der Waals surface area contributed by atoms with Crippen LogP contribution in [0.1, 0.15) is 0 Å². The van der Waals surface area contributed by atoms with Gasteiger partial charge in [0.1, 0.15) is 5.82 Å². The van der Waals surface area contributed by atoms with Crippen LogP contribution in [0.15, 0.2) is 36.4 Å². The Hall–Kier alpha value is -1.49. The second-order valence-electron chi connectivity index (χ2n) is 4.12. The lowest BCUT2D eigenvalue weighted by Crippen LogP contribution is -2.22. The molecule has 0 bridgehead atoms. The lowest BCUT2D eigenvalue weighted by molar-refractivity contribution is -0.114. The molecule has 0 atom stereocenters. The van der Waals surface area contributed by atoms with E-state index >= 15 is 0 Å². The number of rotatable bonds is 4. The van der Waals surface area contributed by atoms with Gasteiger partial charge in [-0.2, -0.15) is 0 Å². The molecule has 110 valence electrons. The highest BCUT2D eigenvalue weighted by atomic mass is 35.5. The zero-order chi connectivity index (χ0) is 15.4. The van der Waals surface area contributed by atoms with Gasteiger partial charge in [-0.15, -0.1) is 0 Å². The van der Waals surface area contributed by atoms with Gasteiger partial charge in [0.15, 0.2) is 0 Å². The summed E-state index contributed by atoms with van der Waals surface area (Å²) in [5.41, 5.74) is 0.460. The standard InChI is InChI=1S/C14H10Cl3FN2O/c15-8-4-5-11(18)12(6-8)19-7-13(21)20-14-9(16)2-1-3-10(14)17/h1-6,19H,7H2,(H,20,21). The monoisotopic (exact) mass is 346 g/mol. The minimum atomic E-state index is -0.497. The molecule has 0 fully saturated rings. The molecular formula is C14H10Cl3FN2O. The van der Waals surface area contributed by atoms with Crippen LogP contribution in [0.3, 0.4) is 0 Å². The van der Waals surface area contributed by atoms with Crippen molar-refractivity contribution in [1.82, 2.24) is 0 Å². The third-order valence-electron chi connectivity index (χ3n) is 2.59. The molecule has 2 rings (SSSR count). The van der Waals surface area contributed by atoms with E-state index in [1.807, 2.05) is 0 Å². The summed E-state index contributed by atoms with van der Waals surface area (Å²) >= 11 is 17.6. The average molecular weight is 348 g/mol. The number of hydrogen-bond donors (Lipinski definition) is 2. The van der Waals surface area contributed by atoms with Crippen LogP contribution in [0.2, 0.25) is 15.1 Å². The van der Waals surface area contributed by atoms with Crippen molar-refractivity contribution in [2.24, 2.45) is 0 Å². The minimum Gasteiger partial charge on any atom is -0.374 e. The molecule has 0 spiro atoms. The van der Waals surface area contributed by atoms with Crippen LogP contribution in [0, 0.1) is 5.82 Å². The zero-order valence-electron chi connectivity index (χ0n) is 10.6. The van der Waals surface area contributed by atoms with Crippen molar-refractivity contribution >= 4 is 52.1 Å². The van der Waals surface area contributed by atoms with Gasteiger partial charge in [-0.05, 0) is 30.3 Å². The second kappa shape index (κ2) is 6.98. The smallest absolute Gasteiger partial charge is 0.243 e. The average Bonchev–Trinajstić information content (AvgIpc) is 2.44. The number of benzene rings is 2. The molecule has 0 saturated carbocycles. The number of nitrogens with one attached hydrogen (secondary N) is 2. The Kier molecular flexibility index (Phi) is 5.28. The third-order valence-corrected chi connectivity index (χ3v) is 3.46. The Labute approximate surface area is 136 Å². The fraction of sp³-hybridized carbons (Fsp3) is 0.0714. The first-order chi connectivity index (χ1) is 9.97. The van der Waals surface area contributed by atoms with E-state index in [1.54, 1.807) is 18.2 Å². The predicted molar refractivity (Wildman–Crippen MR) is 85.0 cm³/mol. The van der Waals surface area contributed by atoms with E-state index < -0.39 is 11.7 Å². The van der Waals surface area contributed by atoms with Crippen molar-refractivity contribution in [1.29, 1.82) is 0 Å². The molecule has 2 aromatic carbocycles. The topological polar surface area (TPSA) is 41.1 Å². The van der Waals surface area contributed by atoms with Crippen LogP contribution in [0.5, 0.6) is 0 Å². The van der Waals surface area contributed by atoms with Crippen LogP contribution < -0.4 is 10.6 Å². The first-order valence-electron chi connectivity index (χ1n) is 5.90. The first-order valence-corrected chi connectivity index (χ1v) is 7.03. The lowest BCUT2D eigenvalue weighted by atomic mass is 10.3. The van der Waals surface area contributed by atoms with Gasteiger partial charge in [0.2, 0.25) is 5.91 Å². The molecule has 0 radical (unpaired) electrons. The highest BCUT2D eigenvalue weighted by Crippen LogP contribution is 2.29. The van der Waals surface area contributed by atoms with E-state index in [9.17, 15) is 9.18 Å². The maximum atomic E-state index is 13.5. The summed E-state index contributed by atoms with van der Waals surface area (Å²) in [7, 11) is 0. The molecule has 0 aromatic heterocycles. The van der Waals surface area contributed by atoms with Gasteiger partial charge < -0.3 is 10.6 Å². The largest absolute Gasteiger partial charge is 0.374 e. The van der Waals surface area contributed by atoms with Crippen LogP contribution in [-0.4, -0.2) is 12.5 Å². The first kappa shape index (κ1) is 15.9. The summed E-state index contributed by atoms with van der Waals surface area (Å²) < 4.78 is 13.5. The van der Waals surface area contributed by atoms with Crippen LogP contribution in [-0.2, 0) is 4.79 Å². The Morgan fingerprint density at radius 1 is 1.10 bits per heavy atom. The van der Waals surface area contributed by atoms with Gasteiger partial charge in [-0.25, -0.2) is 4.39 Å². The molecule has 3 nitrogen and oxygen atoms in total. The molecule has 2 aromatic rings. The van der Waals surface area contributed by atoms with Crippen molar-refractivity contribution in [2.75, 3.05) is 17.2 Å². The van der Waals surface area contributed by atoms with Crippen LogP contribution in [0.25, 0.3) is 0 Å². The Bertz CT molecular complexity index is 659. The maximum absolute atomic E-state index is 13.5. The number of carbonyl (C=O) groups is 1. The highest BCUT2D eigenvalue weighted by Gasteiger charge is 2.10. The van der Waals surface area contributed by atoms with Gasteiger partial charge in [-0.3, -0.25) is 4.79 Å². The number of anilines is 2. The molecule has 0 aliphatic carbocycles. The molecule has 7 heteroatoms. The predicted octanol–water partition coefficient (Wildman–Crippen LogP) is 4.84. The summed E-state index contributed by atoms with van der Waals surface area (Å²) in [5, 5.41) is 6.23. The van der Waals surface area contributed by atoms with Crippen molar-refractivity contribution in [3.8, 4) is 0 Å². The molecule has 2 N–H and O–H groups in total. The summed E-state index contributed by atoms with van der Waals surface area (Å²) in [6.07, 6.45) is 0. The van der Waals surface area contributed by atoms with E-state index in [2.05, 4.69) is 10.6 Å². The van der Waals surface area contributed by atoms with E-state index in [0.717, 1.165) is 0 Å². The molecule has 0 heterocycles. The van der Waals surface area contributed by atoms with E-state index in [0.29, 0.717) is 20.8 Å². The Morgan fingerprint density at radius 2 is 1.76 bits per heavy atom. The Morgan fingerprint density at radius 3 is 2.43 bits per heavy atom. The third kappa shape index (κ3) is 4.24. The molecule has 0 aliphatic heterocycles. The van der Waals surface area contributed by atoms with E-state index in [1.165, 1.54) is 18.2 Å². The minimum absolute atomic E-state index is 0.142. The summed E-state index contributed by atoms with van der Waals surface area (Å²) in [6.45, 7) is -0.154. The molecule has 0 saturated heterocycles. The number of hydrogen-bond acceptors (Lipinski definition) is 2. The number of carbonyl (C=O) groups excluding carboxylic acids is 1. The fourth-order valence-electron chi connectivity index (χ4n) is 1.61. The van der Waals surface area contributed by atoms with E-state index in [-0.39, 0.29) is 12.2 Å². The molecule has 0 unspecified atom stereocenters. The van der Waals surface area contributed by atoms with Gasteiger partial charge >= 0.3 is 0 Å². The fourth-order valence-corrected chi connectivity index (χ4v) is 2.27. The Balaban J connectivity index is 2.01. The van der Waals surface area contributed by atoms with Gasteiger partial charge in [0, 0.05) is 5.02 Å². The van der Waals surface area contributed by atoms with Crippen molar-refractivity contribution in [2.45, 2.75) is 0 Å². The number of amides is 1.